The van der Waals surface area contributed by atoms with Gasteiger partial charge in [-0.1, -0.05) is 57.2 Å². The molecule has 308 valence electrons. The van der Waals surface area contributed by atoms with Crippen LogP contribution < -0.4 is 0 Å². The topological polar surface area (TPSA) is 194 Å². The molecule has 6 aliphatic rings. The Morgan fingerprint density at radius 2 is 1.53 bits per heavy atom. The molecule has 12 atom stereocenters. The smallest absolute Gasteiger partial charge is 0.350 e. The van der Waals surface area contributed by atoms with Gasteiger partial charge in [-0.05, 0) is 61.6 Å². The molecule has 1 spiro atoms. The Morgan fingerprint density at radius 1 is 0.897 bits per heavy atom. The van der Waals surface area contributed by atoms with E-state index in [1.54, 1.807) is 39.0 Å². The zero-order valence-electron chi connectivity index (χ0n) is 33.6. The SMILES string of the molecule is CC(=O)O[C@H]1C(=O)[C@@]2(C)[C@H]([C@H](OC(=O)c3ccccc3)[C@]3(O)C[C@H](OC(=O)[C@H]4OC(c5ccccc5)=N[C@@]45CC5C)C(C)=C1C3(C)C)[C@]1(OC(C)=O)CO[C@@H]1C[C@@H]2O. The number of carbonyl (C=O) groups is 5. The number of benzene rings is 2. The lowest BCUT2D eigenvalue weighted by Crippen LogP contribution is -2.82. The number of aliphatic imine (C=N–C) groups is 1. The van der Waals surface area contributed by atoms with Crippen LogP contribution in [0, 0.1) is 22.7 Å². The fourth-order valence-electron chi connectivity index (χ4n) is 10.6. The number of esters is 4. The fraction of sp³-hybridized carbons (Fsp3) is 0.545. The van der Waals surface area contributed by atoms with Crippen LogP contribution in [-0.4, -0.2) is 106 Å². The van der Waals surface area contributed by atoms with Gasteiger partial charge in [0.2, 0.25) is 12.0 Å². The number of ether oxygens (including phenoxy) is 6. The van der Waals surface area contributed by atoms with Gasteiger partial charge in [0.05, 0.1) is 29.6 Å². The van der Waals surface area contributed by atoms with E-state index >= 15 is 4.79 Å². The second-order valence-corrected chi connectivity index (χ2v) is 17.6. The van der Waals surface area contributed by atoms with Crippen molar-refractivity contribution in [1.82, 2.24) is 0 Å². The summed E-state index contributed by atoms with van der Waals surface area (Å²) in [7, 11) is 0. The van der Waals surface area contributed by atoms with Gasteiger partial charge in [0.25, 0.3) is 0 Å². The number of nitrogens with zero attached hydrogens (tertiary/aromatic N) is 1. The van der Waals surface area contributed by atoms with Crippen molar-refractivity contribution in [2.75, 3.05) is 6.61 Å². The van der Waals surface area contributed by atoms with E-state index in [0.717, 1.165) is 6.92 Å². The Hall–Kier alpha value is -4.92. The minimum Gasteiger partial charge on any atom is -0.459 e. The number of Topliss-reactive ketones (excluding diaryl/α,β-unsaturated/α-hetero) is 1. The largest absolute Gasteiger partial charge is 0.459 e. The molecule has 2 aliphatic heterocycles. The van der Waals surface area contributed by atoms with Crippen molar-refractivity contribution in [3.63, 3.8) is 0 Å². The van der Waals surface area contributed by atoms with Crippen LogP contribution in [0.25, 0.3) is 0 Å². The van der Waals surface area contributed by atoms with Gasteiger partial charge >= 0.3 is 23.9 Å². The second-order valence-electron chi connectivity index (χ2n) is 17.6. The molecule has 58 heavy (non-hydrogen) atoms. The average molecular weight is 800 g/mol. The normalized spacial score (nSPS) is 39.3. The van der Waals surface area contributed by atoms with Crippen molar-refractivity contribution < 1.29 is 62.6 Å². The first-order valence-electron chi connectivity index (χ1n) is 19.7. The van der Waals surface area contributed by atoms with Gasteiger partial charge in [0.15, 0.2) is 17.5 Å². The van der Waals surface area contributed by atoms with Crippen LogP contribution in [0.5, 0.6) is 0 Å². The maximum absolute atomic E-state index is 15.5. The molecule has 2 aromatic rings. The molecular weight excluding hydrogens is 750 g/mol. The maximum atomic E-state index is 15.5. The van der Waals surface area contributed by atoms with Crippen molar-refractivity contribution in [3.8, 4) is 0 Å². The van der Waals surface area contributed by atoms with E-state index < -0.39 is 99.8 Å². The first-order chi connectivity index (χ1) is 27.3. The average Bonchev–Trinajstić information content (AvgIpc) is 3.65. The van der Waals surface area contributed by atoms with Crippen molar-refractivity contribution in [3.05, 3.63) is 82.9 Å². The quantitative estimate of drug-likeness (QED) is 0.234. The summed E-state index contributed by atoms with van der Waals surface area (Å²) in [6.45, 7) is 10.4. The highest BCUT2D eigenvalue weighted by Crippen LogP contribution is 2.64. The van der Waals surface area contributed by atoms with E-state index in [2.05, 4.69) is 0 Å². The van der Waals surface area contributed by atoms with E-state index in [1.165, 1.54) is 26.0 Å². The minimum atomic E-state index is -2.26. The van der Waals surface area contributed by atoms with E-state index in [0.29, 0.717) is 23.5 Å². The third-order valence-electron chi connectivity index (χ3n) is 14.0. The highest BCUT2D eigenvalue weighted by molar-refractivity contribution is 5.99. The highest BCUT2D eigenvalue weighted by atomic mass is 16.6. The Kier molecular flexibility index (Phi) is 9.33. The number of ketones is 1. The fourth-order valence-corrected chi connectivity index (χ4v) is 10.6. The van der Waals surface area contributed by atoms with E-state index in [-0.39, 0.29) is 36.5 Å². The van der Waals surface area contributed by atoms with Crippen LogP contribution in [0.15, 0.2) is 76.8 Å². The molecule has 2 bridgehead atoms. The predicted molar refractivity (Wildman–Crippen MR) is 203 cm³/mol. The van der Waals surface area contributed by atoms with Crippen LogP contribution in [0.1, 0.15) is 83.7 Å². The van der Waals surface area contributed by atoms with Gasteiger partial charge in [0.1, 0.15) is 29.5 Å². The molecule has 3 saturated carbocycles. The number of hydrogen-bond donors (Lipinski definition) is 2. The Bertz CT molecular complexity index is 2130. The lowest BCUT2D eigenvalue weighted by Gasteiger charge is -2.67. The van der Waals surface area contributed by atoms with Crippen LogP contribution in [0.3, 0.4) is 0 Å². The molecule has 0 amide bonds. The summed E-state index contributed by atoms with van der Waals surface area (Å²) < 4.78 is 36.9. The molecule has 2 heterocycles. The molecule has 1 unspecified atom stereocenters. The second kappa shape index (κ2) is 13.6. The first-order valence-corrected chi connectivity index (χ1v) is 19.7. The molecular formula is C44H49NO13. The van der Waals surface area contributed by atoms with Gasteiger partial charge in [0, 0.05) is 37.7 Å². The summed E-state index contributed by atoms with van der Waals surface area (Å²) >= 11 is 0. The number of carbonyl (C=O) groups excluding carboxylic acids is 5. The number of rotatable bonds is 7. The third kappa shape index (κ3) is 5.69. The number of hydrogen-bond acceptors (Lipinski definition) is 14. The van der Waals surface area contributed by atoms with Gasteiger partial charge in [-0.15, -0.1) is 0 Å². The zero-order valence-corrected chi connectivity index (χ0v) is 33.6. The van der Waals surface area contributed by atoms with Gasteiger partial charge in [-0.25, -0.2) is 14.6 Å². The summed E-state index contributed by atoms with van der Waals surface area (Å²) in [5, 5.41) is 25.7. The van der Waals surface area contributed by atoms with Crippen molar-refractivity contribution in [2.24, 2.45) is 27.7 Å². The minimum absolute atomic E-state index is 0.00968. The van der Waals surface area contributed by atoms with E-state index in [4.69, 9.17) is 33.4 Å². The van der Waals surface area contributed by atoms with Gasteiger partial charge in [-0.2, -0.15) is 0 Å². The van der Waals surface area contributed by atoms with Crippen LogP contribution in [0.4, 0.5) is 0 Å². The molecule has 14 nitrogen and oxygen atoms in total. The molecule has 0 aromatic heterocycles. The first kappa shape index (κ1) is 39.9. The number of aliphatic hydroxyl groups is 2. The standard InChI is InChI=1S/C44H49NO13/c1-22-19-42(22)36(56-37(45-42)26-14-10-8-11-15-26)39(51)55-28-20-44(52)35(57-38(50)27-16-12-9-13-17-27)33-41(7,29(48)18-30-43(33,21-53-30)58-25(4)47)34(49)32(54-24(3)46)31(23(28)2)40(44,5)6/h8-17,22,28-30,32-33,35-36,48,52H,18-21H2,1-7H3/t22?,28-,29-,30+,32+,33-,35-,36+,41+,42+,43-,44+/m0/s1. The molecule has 2 N–H and O–H groups in total. The van der Waals surface area contributed by atoms with Crippen LogP contribution in [-0.2, 0) is 47.6 Å². The summed E-state index contributed by atoms with van der Waals surface area (Å²) in [6.07, 6.45) is -8.31. The van der Waals surface area contributed by atoms with Crippen molar-refractivity contribution in [1.29, 1.82) is 0 Å². The van der Waals surface area contributed by atoms with Crippen LogP contribution >= 0.6 is 0 Å². The van der Waals surface area contributed by atoms with Gasteiger partial charge < -0.3 is 38.6 Å². The molecule has 2 aromatic carbocycles. The lowest BCUT2D eigenvalue weighted by molar-refractivity contribution is -0.346. The van der Waals surface area contributed by atoms with Crippen LogP contribution in [0.2, 0.25) is 0 Å². The molecule has 1 saturated heterocycles. The van der Waals surface area contributed by atoms with E-state index in [9.17, 15) is 29.4 Å². The highest BCUT2D eigenvalue weighted by Gasteiger charge is 2.78. The maximum Gasteiger partial charge on any atom is 0.350 e. The number of fused-ring (bicyclic) bond motifs is 5. The monoisotopic (exact) mass is 799 g/mol. The van der Waals surface area contributed by atoms with Crippen molar-refractivity contribution >= 4 is 35.6 Å². The Morgan fingerprint density at radius 3 is 2.10 bits per heavy atom. The zero-order chi connectivity index (χ0) is 41.7. The summed E-state index contributed by atoms with van der Waals surface area (Å²) in [4.78, 5) is 75.0. The lowest BCUT2D eigenvalue weighted by atomic mass is 9.44. The number of aliphatic hydroxyl groups excluding tert-OH is 1. The van der Waals surface area contributed by atoms with Gasteiger partial charge in [-0.3, -0.25) is 14.4 Å². The van der Waals surface area contributed by atoms with Crippen molar-refractivity contribution in [2.45, 2.75) is 121 Å². The molecule has 4 fully saturated rings. The Balaban J connectivity index is 1.29. The summed E-state index contributed by atoms with van der Waals surface area (Å²) in [5.41, 5.74) is -7.14. The molecule has 14 heteroatoms. The summed E-state index contributed by atoms with van der Waals surface area (Å²) in [5.74, 6) is -5.16. The molecule has 4 aliphatic carbocycles. The predicted octanol–water partition coefficient (Wildman–Crippen LogP) is 3.83. The molecule has 8 rings (SSSR count). The molecule has 0 radical (unpaired) electrons. The third-order valence-corrected chi connectivity index (χ3v) is 14.0. The Labute approximate surface area is 335 Å². The summed E-state index contributed by atoms with van der Waals surface area (Å²) in [6, 6.07) is 17.2. The van der Waals surface area contributed by atoms with E-state index in [1.807, 2.05) is 37.3 Å².